The molecule has 116 valence electrons. The number of benzene rings is 1. The fourth-order valence-corrected chi connectivity index (χ4v) is 3.72. The molecule has 0 saturated carbocycles. The van der Waals surface area contributed by atoms with Crippen LogP contribution in [0.25, 0.3) is 6.08 Å². The highest BCUT2D eigenvalue weighted by atomic mass is 79.9. The van der Waals surface area contributed by atoms with Gasteiger partial charge in [-0.1, -0.05) is 65.9 Å². The van der Waals surface area contributed by atoms with Crippen molar-refractivity contribution in [3.8, 4) is 0 Å². The van der Waals surface area contributed by atoms with Gasteiger partial charge in [0.05, 0.1) is 4.91 Å². The van der Waals surface area contributed by atoms with Gasteiger partial charge in [0.15, 0.2) is 0 Å². The second-order valence-electron chi connectivity index (χ2n) is 5.13. The Morgan fingerprint density at radius 1 is 1.36 bits per heavy atom. The average Bonchev–Trinajstić information content (AvgIpc) is 2.69. The molecule has 1 N–H and O–H groups in total. The summed E-state index contributed by atoms with van der Waals surface area (Å²) in [5.74, 6) is -1.62. The SMILES string of the molecule is CC(C)C(C(=O)O)N1C(=O)C(=Cc2ccc(Br)cc2)SC1=S. The Hall–Kier alpha value is -1.18. The largest absolute Gasteiger partial charge is 0.480 e. The molecule has 0 aromatic heterocycles. The molecule has 0 radical (unpaired) electrons. The molecule has 1 fully saturated rings. The van der Waals surface area contributed by atoms with Crippen LogP contribution < -0.4 is 0 Å². The van der Waals surface area contributed by atoms with Gasteiger partial charge in [0.1, 0.15) is 10.4 Å². The number of hydrogen-bond acceptors (Lipinski definition) is 4. The van der Waals surface area contributed by atoms with Gasteiger partial charge in [-0.3, -0.25) is 9.69 Å². The van der Waals surface area contributed by atoms with Crippen LogP contribution in [0.3, 0.4) is 0 Å². The summed E-state index contributed by atoms with van der Waals surface area (Å²) < 4.78 is 1.23. The molecule has 2 rings (SSSR count). The first-order valence-corrected chi connectivity index (χ1v) is 8.58. The number of carbonyl (C=O) groups is 2. The quantitative estimate of drug-likeness (QED) is 0.616. The van der Waals surface area contributed by atoms with Crippen molar-refractivity contribution in [1.29, 1.82) is 0 Å². The molecular formula is C15H14BrNO3S2. The molecule has 1 aliphatic rings. The van der Waals surface area contributed by atoms with Crippen molar-refractivity contribution >= 4 is 62.2 Å². The maximum absolute atomic E-state index is 12.5. The summed E-state index contributed by atoms with van der Waals surface area (Å²) in [5, 5.41) is 9.36. The van der Waals surface area contributed by atoms with Gasteiger partial charge < -0.3 is 5.11 Å². The monoisotopic (exact) mass is 399 g/mol. The summed E-state index contributed by atoms with van der Waals surface area (Å²) >= 11 is 9.69. The molecule has 22 heavy (non-hydrogen) atoms. The summed E-state index contributed by atoms with van der Waals surface area (Å²) in [6.07, 6.45) is 1.73. The highest BCUT2D eigenvalue weighted by Gasteiger charge is 2.41. The van der Waals surface area contributed by atoms with E-state index in [4.69, 9.17) is 12.2 Å². The van der Waals surface area contributed by atoms with E-state index in [1.807, 2.05) is 24.3 Å². The van der Waals surface area contributed by atoms with Crippen molar-refractivity contribution in [3.05, 3.63) is 39.2 Å². The predicted molar refractivity (Wildman–Crippen MR) is 95.4 cm³/mol. The van der Waals surface area contributed by atoms with Crippen LogP contribution in [0.1, 0.15) is 19.4 Å². The lowest BCUT2D eigenvalue weighted by atomic mass is 10.0. The molecule has 0 bridgehead atoms. The number of hydrogen-bond donors (Lipinski definition) is 1. The first-order valence-electron chi connectivity index (χ1n) is 6.56. The van der Waals surface area contributed by atoms with Gasteiger partial charge in [0.2, 0.25) is 0 Å². The fourth-order valence-electron chi connectivity index (χ4n) is 2.12. The molecule has 1 atom stereocenters. The first-order chi connectivity index (χ1) is 10.3. The van der Waals surface area contributed by atoms with Gasteiger partial charge in [-0.05, 0) is 29.7 Å². The normalized spacial score (nSPS) is 18.4. The number of thiocarbonyl (C=S) groups is 1. The van der Waals surface area contributed by atoms with Gasteiger partial charge in [-0.15, -0.1) is 0 Å². The molecule has 0 aliphatic carbocycles. The minimum absolute atomic E-state index is 0.230. The highest BCUT2D eigenvalue weighted by Crippen LogP contribution is 2.35. The Balaban J connectivity index is 2.32. The van der Waals surface area contributed by atoms with Crippen LogP contribution in [0.5, 0.6) is 0 Å². The van der Waals surface area contributed by atoms with Gasteiger partial charge in [-0.25, -0.2) is 4.79 Å². The van der Waals surface area contributed by atoms with E-state index in [1.165, 1.54) is 4.90 Å². The summed E-state index contributed by atoms with van der Waals surface area (Å²) in [4.78, 5) is 25.6. The standard InChI is InChI=1S/C15H14BrNO3S2/c1-8(2)12(14(19)20)17-13(18)11(22-15(17)21)7-9-3-5-10(16)6-4-9/h3-8,12H,1-2H3,(H,19,20). The number of nitrogens with zero attached hydrogens (tertiary/aromatic N) is 1. The molecule has 1 heterocycles. The third kappa shape index (κ3) is 3.59. The molecule has 1 aromatic carbocycles. The van der Waals surface area contributed by atoms with Crippen molar-refractivity contribution in [2.75, 3.05) is 0 Å². The predicted octanol–water partition coefficient (Wildman–Crippen LogP) is 3.76. The van der Waals surface area contributed by atoms with Crippen LogP contribution in [0.4, 0.5) is 0 Å². The van der Waals surface area contributed by atoms with Gasteiger partial charge >= 0.3 is 5.97 Å². The van der Waals surface area contributed by atoms with E-state index in [1.54, 1.807) is 19.9 Å². The number of thioether (sulfide) groups is 1. The second kappa shape index (κ2) is 6.93. The zero-order chi connectivity index (χ0) is 16.4. The maximum Gasteiger partial charge on any atom is 0.327 e. The first kappa shape index (κ1) is 17.2. The van der Waals surface area contributed by atoms with E-state index in [0.29, 0.717) is 4.91 Å². The molecule has 1 amide bonds. The smallest absolute Gasteiger partial charge is 0.327 e. The maximum atomic E-state index is 12.5. The summed E-state index contributed by atoms with van der Waals surface area (Å²) in [6, 6.07) is 6.55. The minimum atomic E-state index is -1.05. The summed E-state index contributed by atoms with van der Waals surface area (Å²) in [7, 11) is 0. The lowest BCUT2D eigenvalue weighted by molar-refractivity contribution is -0.146. The number of aliphatic carboxylic acids is 1. The van der Waals surface area contributed by atoms with Gasteiger partial charge in [0.25, 0.3) is 5.91 Å². The number of carbonyl (C=O) groups excluding carboxylic acids is 1. The molecule has 1 aliphatic heterocycles. The van der Waals surface area contributed by atoms with E-state index < -0.39 is 12.0 Å². The summed E-state index contributed by atoms with van der Waals surface area (Å²) in [5.41, 5.74) is 0.861. The van der Waals surface area contributed by atoms with E-state index in [0.717, 1.165) is 21.8 Å². The van der Waals surface area contributed by atoms with Crippen LogP contribution >= 0.6 is 39.9 Å². The van der Waals surface area contributed by atoms with Crippen molar-refractivity contribution in [1.82, 2.24) is 4.90 Å². The molecule has 1 saturated heterocycles. The Labute approximate surface area is 146 Å². The Bertz CT molecular complexity index is 655. The lowest BCUT2D eigenvalue weighted by Crippen LogP contribution is -2.47. The van der Waals surface area contributed by atoms with Crippen LogP contribution in [0.2, 0.25) is 0 Å². The number of rotatable bonds is 4. The lowest BCUT2D eigenvalue weighted by Gasteiger charge is -2.26. The molecule has 0 spiro atoms. The molecule has 1 aromatic rings. The Morgan fingerprint density at radius 3 is 2.45 bits per heavy atom. The van der Waals surface area contributed by atoms with E-state index >= 15 is 0 Å². The summed E-state index contributed by atoms with van der Waals surface area (Å²) in [6.45, 7) is 3.52. The van der Waals surface area contributed by atoms with E-state index in [9.17, 15) is 14.7 Å². The van der Waals surface area contributed by atoms with E-state index in [-0.39, 0.29) is 16.1 Å². The van der Waals surface area contributed by atoms with Crippen molar-refractivity contribution in [2.45, 2.75) is 19.9 Å². The highest BCUT2D eigenvalue weighted by molar-refractivity contribution is 9.10. The van der Waals surface area contributed by atoms with Gasteiger partial charge in [0, 0.05) is 4.47 Å². The van der Waals surface area contributed by atoms with Crippen LogP contribution in [-0.2, 0) is 9.59 Å². The van der Waals surface area contributed by atoms with E-state index in [2.05, 4.69) is 15.9 Å². The zero-order valence-corrected chi connectivity index (χ0v) is 15.2. The van der Waals surface area contributed by atoms with Crippen molar-refractivity contribution < 1.29 is 14.7 Å². The Kier molecular flexibility index (Phi) is 5.41. The Morgan fingerprint density at radius 2 is 1.95 bits per heavy atom. The van der Waals surface area contributed by atoms with Crippen molar-refractivity contribution in [3.63, 3.8) is 0 Å². The third-order valence-corrected chi connectivity index (χ3v) is 5.01. The molecular weight excluding hydrogens is 386 g/mol. The number of amides is 1. The fraction of sp³-hybridized carbons (Fsp3) is 0.267. The third-order valence-electron chi connectivity index (χ3n) is 3.15. The number of carboxylic acid groups (broad SMARTS) is 1. The molecule has 4 nitrogen and oxygen atoms in total. The zero-order valence-electron chi connectivity index (χ0n) is 11.9. The number of carboxylic acids is 1. The second-order valence-corrected chi connectivity index (χ2v) is 7.72. The van der Waals surface area contributed by atoms with Crippen LogP contribution in [0.15, 0.2) is 33.6 Å². The van der Waals surface area contributed by atoms with Gasteiger partial charge in [-0.2, -0.15) is 0 Å². The van der Waals surface area contributed by atoms with Crippen LogP contribution in [-0.4, -0.2) is 32.2 Å². The number of halogens is 1. The van der Waals surface area contributed by atoms with Crippen molar-refractivity contribution in [2.24, 2.45) is 5.92 Å². The van der Waals surface area contributed by atoms with Crippen LogP contribution in [0, 0.1) is 5.92 Å². The topological polar surface area (TPSA) is 57.6 Å². The molecule has 7 heteroatoms. The molecule has 1 unspecified atom stereocenters. The minimum Gasteiger partial charge on any atom is -0.480 e. The average molecular weight is 400 g/mol.